The minimum atomic E-state index is 0.355. The van der Waals surface area contributed by atoms with E-state index in [0.717, 1.165) is 0 Å². The van der Waals surface area contributed by atoms with Gasteiger partial charge in [0.15, 0.2) is 5.82 Å². The average molecular weight is 110 g/mol. The predicted molar refractivity (Wildman–Crippen MR) is 27.7 cm³/mol. The molecule has 0 amide bonds. The van der Waals surface area contributed by atoms with Crippen LogP contribution in [-0.4, -0.2) is 15.2 Å². The van der Waals surface area contributed by atoms with E-state index in [4.69, 9.17) is 5.73 Å². The van der Waals surface area contributed by atoms with E-state index in [-0.39, 0.29) is 0 Å². The topological polar surface area (TPSA) is 64.7 Å². The van der Waals surface area contributed by atoms with Crippen molar-refractivity contribution in [1.82, 2.24) is 15.2 Å². The third-order valence-electron chi connectivity index (χ3n) is 0.713. The number of hydrogen-bond donors (Lipinski definition) is 1. The first-order valence-corrected chi connectivity index (χ1v) is 2.26. The van der Waals surface area contributed by atoms with Crippen molar-refractivity contribution < 1.29 is 0 Å². The molecule has 0 saturated heterocycles. The molecule has 8 heavy (non-hydrogen) atoms. The summed E-state index contributed by atoms with van der Waals surface area (Å²) in [7, 11) is 0. The van der Waals surface area contributed by atoms with E-state index in [9.17, 15) is 0 Å². The van der Waals surface area contributed by atoms with E-state index in [0.29, 0.717) is 12.4 Å². The van der Waals surface area contributed by atoms with Crippen molar-refractivity contribution in [3.8, 4) is 0 Å². The molecule has 0 radical (unpaired) electrons. The standard InChI is InChI=1S/C4H6N4/c5-3-4-6-1-2-7-8-4/h1-2H,3,5H2. The van der Waals surface area contributed by atoms with Gasteiger partial charge in [0.2, 0.25) is 0 Å². The summed E-state index contributed by atoms with van der Waals surface area (Å²) in [5.74, 6) is 0.576. The molecule has 0 saturated carbocycles. The minimum Gasteiger partial charge on any atom is -0.324 e. The van der Waals surface area contributed by atoms with Gasteiger partial charge in [-0.3, -0.25) is 0 Å². The Labute approximate surface area is 46.8 Å². The molecular weight excluding hydrogens is 104 g/mol. The molecule has 0 atom stereocenters. The number of nitrogens with two attached hydrogens (primary N) is 1. The van der Waals surface area contributed by atoms with Crippen LogP contribution in [0.4, 0.5) is 0 Å². The van der Waals surface area contributed by atoms with Crippen LogP contribution in [0, 0.1) is 0 Å². The second-order valence-corrected chi connectivity index (χ2v) is 1.26. The summed E-state index contributed by atoms with van der Waals surface area (Å²) in [6.45, 7) is 0.355. The van der Waals surface area contributed by atoms with Crippen molar-refractivity contribution in [1.29, 1.82) is 0 Å². The van der Waals surface area contributed by atoms with Gasteiger partial charge in [-0.1, -0.05) is 0 Å². The van der Waals surface area contributed by atoms with E-state index in [1.165, 1.54) is 6.20 Å². The fourth-order valence-corrected chi connectivity index (χ4v) is 0.369. The average Bonchev–Trinajstić information content (AvgIpc) is 1.90. The third kappa shape index (κ3) is 0.974. The number of rotatable bonds is 1. The molecule has 0 bridgehead atoms. The molecule has 4 nitrogen and oxygen atoms in total. The zero-order valence-corrected chi connectivity index (χ0v) is 4.28. The Morgan fingerprint density at radius 1 is 1.50 bits per heavy atom. The van der Waals surface area contributed by atoms with E-state index in [1.807, 2.05) is 0 Å². The molecule has 1 aromatic rings. The summed E-state index contributed by atoms with van der Waals surface area (Å²) in [6, 6.07) is 0. The van der Waals surface area contributed by atoms with Crippen LogP contribution in [0.2, 0.25) is 0 Å². The van der Waals surface area contributed by atoms with Crippen LogP contribution < -0.4 is 5.73 Å². The second-order valence-electron chi connectivity index (χ2n) is 1.26. The largest absolute Gasteiger partial charge is 0.324 e. The molecule has 0 spiro atoms. The molecule has 0 fully saturated rings. The lowest BCUT2D eigenvalue weighted by molar-refractivity contribution is 0.830. The van der Waals surface area contributed by atoms with Crippen molar-refractivity contribution in [2.24, 2.45) is 5.73 Å². The Hall–Kier alpha value is -1.03. The fourth-order valence-electron chi connectivity index (χ4n) is 0.369. The van der Waals surface area contributed by atoms with Gasteiger partial charge in [-0.15, -0.1) is 5.10 Å². The van der Waals surface area contributed by atoms with Crippen molar-refractivity contribution >= 4 is 0 Å². The van der Waals surface area contributed by atoms with E-state index in [2.05, 4.69) is 15.2 Å². The summed E-state index contributed by atoms with van der Waals surface area (Å²) < 4.78 is 0. The molecule has 0 aliphatic carbocycles. The van der Waals surface area contributed by atoms with Crippen LogP contribution in [0.1, 0.15) is 5.82 Å². The minimum absolute atomic E-state index is 0.355. The van der Waals surface area contributed by atoms with Gasteiger partial charge in [-0.2, -0.15) is 5.10 Å². The van der Waals surface area contributed by atoms with Crippen LogP contribution >= 0.6 is 0 Å². The predicted octanol–water partition coefficient (Wildman–Crippen LogP) is -0.670. The lowest BCUT2D eigenvalue weighted by atomic mass is 10.6. The molecule has 1 heterocycles. The van der Waals surface area contributed by atoms with Crippen molar-refractivity contribution in [2.75, 3.05) is 0 Å². The van der Waals surface area contributed by atoms with Crippen LogP contribution in [0.3, 0.4) is 0 Å². The first-order chi connectivity index (χ1) is 3.93. The third-order valence-corrected chi connectivity index (χ3v) is 0.713. The first kappa shape index (κ1) is 5.11. The maximum Gasteiger partial charge on any atom is 0.164 e. The van der Waals surface area contributed by atoms with Crippen LogP contribution in [0.15, 0.2) is 12.4 Å². The maximum atomic E-state index is 5.18. The smallest absolute Gasteiger partial charge is 0.164 e. The van der Waals surface area contributed by atoms with Gasteiger partial charge >= 0.3 is 0 Å². The summed E-state index contributed by atoms with van der Waals surface area (Å²) in [5, 5.41) is 7.17. The van der Waals surface area contributed by atoms with Gasteiger partial charge < -0.3 is 5.73 Å². The quantitative estimate of drug-likeness (QED) is 0.520. The maximum absolute atomic E-state index is 5.18. The van der Waals surface area contributed by atoms with E-state index in [1.54, 1.807) is 6.20 Å². The first-order valence-electron chi connectivity index (χ1n) is 2.26. The molecule has 1 rings (SSSR count). The van der Waals surface area contributed by atoms with Gasteiger partial charge in [-0.25, -0.2) is 4.98 Å². The Bertz CT molecular complexity index is 149. The fraction of sp³-hybridized carbons (Fsp3) is 0.250. The van der Waals surface area contributed by atoms with Crippen LogP contribution in [0.5, 0.6) is 0 Å². The normalized spacial score (nSPS) is 9.12. The Kier molecular flexibility index (Phi) is 1.48. The Balaban J connectivity index is 2.83. The van der Waals surface area contributed by atoms with Gasteiger partial charge in [-0.05, 0) is 0 Å². The van der Waals surface area contributed by atoms with Gasteiger partial charge in [0.05, 0.1) is 12.7 Å². The highest BCUT2D eigenvalue weighted by molar-refractivity contribution is 4.78. The van der Waals surface area contributed by atoms with Gasteiger partial charge in [0.1, 0.15) is 0 Å². The molecule has 1 aromatic heterocycles. The highest BCUT2D eigenvalue weighted by atomic mass is 15.1. The SMILES string of the molecule is NCc1nccnn1. The molecule has 4 heteroatoms. The van der Waals surface area contributed by atoms with Crippen LogP contribution in [-0.2, 0) is 6.54 Å². The van der Waals surface area contributed by atoms with Gasteiger partial charge in [0.25, 0.3) is 0 Å². The summed E-state index contributed by atoms with van der Waals surface area (Å²) in [6.07, 6.45) is 3.08. The molecule has 2 N–H and O–H groups in total. The van der Waals surface area contributed by atoms with Gasteiger partial charge in [0, 0.05) is 6.20 Å². The molecule has 42 valence electrons. The summed E-state index contributed by atoms with van der Waals surface area (Å²) in [5.41, 5.74) is 5.18. The zero-order chi connectivity index (χ0) is 5.82. The van der Waals surface area contributed by atoms with Crippen molar-refractivity contribution in [2.45, 2.75) is 6.54 Å². The van der Waals surface area contributed by atoms with Crippen LogP contribution in [0.25, 0.3) is 0 Å². The molecule has 0 unspecified atom stereocenters. The number of hydrogen-bond acceptors (Lipinski definition) is 4. The molecule has 0 aliphatic heterocycles. The van der Waals surface area contributed by atoms with E-state index >= 15 is 0 Å². The number of aromatic nitrogens is 3. The molecular formula is C4H6N4. The lowest BCUT2D eigenvalue weighted by Gasteiger charge is -1.86. The summed E-state index contributed by atoms with van der Waals surface area (Å²) in [4.78, 5) is 3.80. The number of nitrogens with zero attached hydrogens (tertiary/aromatic N) is 3. The van der Waals surface area contributed by atoms with E-state index < -0.39 is 0 Å². The lowest BCUT2D eigenvalue weighted by Crippen LogP contribution is -2.02. The van der Waals surface area contributed by atoms with Crippen molar-refractivity contribution in [3.05, 3.63) is 18.2 Å². The highest BCUT2D eigenvalue weighted by Crippen LogP contribution is 1.77. The molecule has 0 aliphatic rings. The summed E-state index contributed by atoms with van der Waals surface area (Å²) >= 11 is 0. The Morgan fingerprint density at radius 2 is 2.38 bits per heavy atom. The van der Waals surface area contributed by atoms with Crippen molar-refractivity contribution in [3.63, 3.8) is 0 Å². The second kappa shape index (κ2) is 2.32. The Morgan fingerprint density at radius 3 is 2.75 bits per heavy atom. The molecule has 0 aromatic carbocycles. The zero-order valence-electron chi connectivity index (χ0n) is 4.28. The highest BCUT2D eigenvalue weighted by Gasteiger charge is 1.85. The monoisotopic (exact) mass is 110 g/mol.